The fourth-order valence-corrected chi connectivity index (χ4v) is 4.09. The van der Waals surface area contributed by atoms with E-state index < -0.39 is 0 Å². The number of nitriles is 1. The Morgan fingerprint density at radius 1 is 1.14 bits per heavy atom. The van der Waals surface area contributed by atoms with E-state index in [9.17, 15) is 4.79 Å². The van der Waals surface area contributed by atoms with Crippen molar-refractivity contribution in [3.63, 3.8) is 0 Å². The van der Waals surface area contributed by atoms with Gasteiger partial charge in [0.2, 0.25) is 5.91 Å². The number of hydrogen-bond donors (Lipinski definition) is 0. The number of carbonyl (C=O) groups excluding carboxylic acids is 1. The molecule has 2 aliphatic heterocycles. The minimum absolute atomic E-state index is 0.0240. The highest BCUT2D eigenvalue weighted by Gasteiger charge is 2.30. The second-order valence-electron chi connectivity index (χ2n) is 7.32. The first-order valence-electron chi connectivity index (χ1n) is 10.1. The van der Waals surface area contributed by atoms with Crippen LogP contribution in [0.4, 0.5) is 5.69 Å². The quantitative estimate of drug-likeness (QED) is 0.754. The molecule has 0 saturated carbocycles. The summed E-state index contributed by atoms with van der Waals surface area (Å²) >= 11 is 0. The molecule has 29 heavy (non-hydrogen) atoms. The van der Waals surface area contributed by atoms with Gasteiger partial charge in [0.05, 0.1) is 19.0 Å². The summed E-state index contributed by atoms with van der Waals surface area (Å²) < 4.78 is 11.4. The van der Waals surface area contributed by atoms with Crippen LogP contribution in [0.3, 0.4) is 0 Å². The highest BCUT2D eigenvalue weighted by atomic mass is 16.6. The van der Waals surface area contributed by atoms with E-state index in [1.165, 1.54) is 0 Å². The number of likely N-dealkylation sites (tertiary alicyclic amines) is 1. The van der Waals surface area contributed by atoms with Gasteiger partial charge in [-0.3, -0.25) is 9.69 Å². The molecule has 0 radical (unpaired) electrons. The molecule has 1 atom stereocenters. The second kappa shape index (κ2) is 8.97. The number of anilines is 1. The third kappa shape index (κ3) is 4.36. The summed E-state index contributed by atoms with van der Waals surface area (Å²) in [5.74, 6) is 1.59. The van der Waals surface area contributed by atoms with Gasteiger partial charge in [0.15, 0.2) is 11.5 Å². The van der Waals surface area contributed by atoms with Crippen molar-refractivity contribution >= 4 is 11.6 Å². The second-order valence-corrected chi connectivity index (χ2v) is 7.32. The van der Waals surface area contributed by atoms with Crippen molar-refractivity contribution in [3.05, 3.63) is 54.1 Å². The molecule has 2 aromatic rings. The van der Waals surface area contributed by atoms with E-state index in [1.54, 1.807) is 4.90 Å². The lowest BCUT2D eigenvalue weighted by atomic mass is 10.0. The average molecular weight is 391 g/mol. The SMILES string of the molecule is N#CCCN(C(=O)CN1CCCC1c1ccc2c(c1)OCCO2)c1ccccc1. The van der Waals surface area contributed by atoms with Crippen molar-refractivity contribution in [2.24, 2.45) is 0 Å². The Bertz CT molecular complexity index is 894. The van der Waals surface area contributed by atoms with Gasteiger partial charge in [-0.15, -0.1) is 0 Å². The maximum Gasteiger partial charge on any atom is 0.241 e. The lowest BCUT2D eigenvalue weighted by Gasteiger charge is -2.29. The number of nitrogens with zero attached hydrogens (tertiary/aromatic N) is 3. The van der Waals surface area contributed by atoms with Crippen LogP contribution < -0.4 is 14.4 Å². The maximum atomic E-state index is 13.1. The first-order chi connectivity index (χ1) is 14.3. The van der Waals surface area contributed by atoms with Gasteiger partial charge in [-0.2, -0.15) is 5.26 Å². The van der Waals surface area contributed by atoms with E-state index in [-0.39, 0.29) is 11.9 Å². The van der Waals surface area contributed by atoms with E-state index >= 15 is 0 Å². The van der Waals surface area contributed by atoms with Crippen LogP contribution in [-0.2, 0) is 4.79 Å². The van der Waals surface area contributed by atoms with Gasteiger partial charge < -0.3 is 14.4 Å². The number of rotatable bonds is 6. The largest absolute Gasteiger partial charge is 0.486 e. The van der Waals surface area contributed by atoms with Crippen LogP contribution >= 0.6 is 0 Å². The zero-order valence-corrected chi connectivity index (χ0v) is 16.4. The molecule has 4 rings (SSSR count). The Morgan fingerprint density at radius 2 is 1.93 bits per heavy atom. The van der Waals surface area contributed by atoms with Crippen LogP contribution in [0.2, 0.25) is 0 Å². The number of ether oxygens (including phenoxy) is 2. The predicted molar refractivity (Wildman–Crippen MR) is 110 cm³/mol. The first kappa shape index (κ1) is 19.3. The van der Waals surface area contributed by atoms with Crippen LogP contribution in [0.5, 0.6) is 11.5 Å². The van der Waals surface area contributed by atoms with E-state index in [4.69, 9.17) is 14.7 Å². The molecule has 1 saturated heterocycles. The van der Waals surface area contributed by atoms with Crippen molar-refractivity contribution < 1.29 is 14.3 Å². The van der Waals surface area contributed by atoms with Crippen LogP contribution in [0.1, 0.15) is 30.9 Å². The standard InChI is InChI=1S/C23H25N3O3/c24-11-5-13-26(19-6-2-1-3-7-19)23(27)17-25-12-4-8-20(25)18-9-10-21-22(16-18)29-15-14-28-21/h1-3,6-7,9-10,16,20H,4-5,8,12-15,17H2. The van der Waals surface area contributed by atoms with E-state index in [0.29, 0.717) is 32.7 Å². The fourth-order valence-electron chi connectivity index (χ4n) is 4.09. The third-order valence-electron chi connectivity index (χ3n) is 5.47. The van der Waals surface area contributed by atoms with Gasteiger partial charge in [0.25, 0.3) is 0 Å². The molecular formula is C23H25N3O3. The minimum atomic E-state index is 0.0240. The molecule has 0 N–H and O–H groups in total. The number of fused-ring (bicyclic) bond motifs is 1. The van der Waals surface area contributed by atoms with Crippen molar-refractivity contribution in [2.75, 3.05) is 37.7 Å². The van der Waals surface area contributed by atoms with E-state index in [2.05, 4.69) is 17.0 Å². The van der Waals surface area contributed by atoms with Crippen molar-refractivity contribution in [1.82, 2.24) is 4.90 Å². The number of para-hydroxylation sites is 1. The molecule has 2 heterocycles. The van der Waals surface area contributed by atoms with Crippen LogP contribution in [0.25, 0.3) is 0 Å². The molecule has 0 aromatic heterocycles. The Labute approximate surface area is 171 Å². The number of benzene rings is 2. The summed E-state index contributed by atoms with van der Waals surface area (Å²) in [6.45, 7) is 2.76. The molecule has 6 nitrogen and oxygen atoms in total. The fraction of sp³-hybridized carbons (Fsp3) is 0.391. The molecule has 0 bridgehead atoms. The zero-order chi connectivity index (χ0) is 20.1. The van der Waals surface area contributed by atoms with Gasteiger partial charge in [-0.25, -0.2) is 0 Å². The smallest absolute Gasteiger partial charge is 0.241 e. The molecule has 2 aliphatic rings. The summed E-state index contributed by atoms with van der Waals surface area (Å²) in [5, 5.41) is 9.00. The molecule has 6 heteroatoms. The Kier molecular flexibility index (Phi) is 5.97. The number of carbonyl (C=O) groups is 1. The molecule has 2 aromatic carbocycles. The minimum Gasteiger partial charge on any atom is -0.486 e. The highest BCUT2D eigenvalue weighted by molar-refractivity contribution is 5.94. The van der Waals surface area contributed by atoms with Crippen molar-refractivity contribution in [2.45, 2.75) is 25.3 Å². The normalized spacial score (nSPS) is 18.2. The number of hydrogen-bond acceptors (Lipinski definition) is 5. The third-order valence-corrected chi connectivity index (χ3v) is 5.47. The summed E-state index contributed by atoms with van der Waals surface area (Å²) in [7, 11) is 0. The van der Waals surface area contributed by atoms with Crippen molar-refractivity contribution in [3.8, 4) is 17.6 Å². The summed E-state index contributed by atoms with van der Waals surface area (Å²) in [6.07, 6.45) is 2.37. The monoisotopic (exact) mass is 391 g/mol. The summed E-state index contributed by atoms with van der Waals surface area (Å²) in [4.78, 5) is 17.1. The van der Waals surface area contributed by atoms with E-state index in [0.717, 1.165) is 42.1 Å². The first-order valence-corrected chi connectivity index (χ1v) is 10.1. The van der Waals surface area contributed by atoms with Gasteiger partial charge in [-0.1, -0.05) is 24.3 Å². The Morgan fingerprint density at radius 3 is 2.72 bits per heavy atom. The lowest BCUT2D eigenvalue weighted by molar-refractivity contribution is -0.120. The topological polar surface area (TPSA) is 65.8 Å². The molecule has 1 fully saturated rings. The van der Waals surface area contributed by atoms with Crippen molar-refractivity contribution in [1.29, 1.82) is 5.26 Å². The summed E-state index contributed by atoms with van der Waals surface area (Å²) in [5.41, 5.74) is 1.99. The molecule has 150 valence electrons. The van der Waals surface area contributed by atoms with Crippen LogP contribution in [-0.4, -0.2) is 43.7 Å². The predicted octanol–water partition coefficient (Wildman–Crippen LogP) is 3.54. The average Bonchev–Trinajstić information content (AvgIpc) is 3.22. The highest BCUT2D eigenvalue weighted by Crippen LogP contribution is 2.38. The van der Waals surface area contributed by atoms with Gasteiger partial charge in [0.1, 0.15) is 13.2 Å². The van der Waals surface area contributed by atoms with Gasteiger partial charge >= 0.3 is 0 Å². The Balaban J connectivity index is 1.50. The molecule has 0 aliphatic carbocycles. The number of amides is 1. The molecular weight excluding hydrogens is 366 g/mol. The van der Waals surface area contributed by atoms with Crippen LogP contribution in [0.15, 0.2) is 48.5 Å². The molecule has 1 amide bonds. The molecule has 0 spiro atoms. The summed E-state index contributed by atoms with van der Waals surface area (Å²) in [6, 6.07) is 18.0. The van der Waals surface area contributed by atoms with Gasteiger partial charge in [-0.05, 0) is 49.2 Å². The molecule has 1 unspecified atom stereocenters. The lowest BCUT2D eigenvalue weighted by Crippen LogP contribution is -2.40. The Hall–Kier alpha value is -3.04. The van der Waals surface area contributed by atoms with Crippen LogP contribution in [0, 0.1) is 11.3 Å². The van der Waals surface area contributed by atoms with Gasteiger partial charge in [0, 0.05) is 18.3 Å². The van der Waals surface area contributed by atoms with E-state index in [1.807, 2.05) is 42.5 Å². The maximum absolute atomic E-state index is 13.1. The zero-order valence-electron chi connectivity index (χ0n) is 16.4.